The Balaban J connectivity index is 1.31. The number of benzene rings is 2. The van der Waals surface area contributed by atoms with E-state index in [9.17, 15) is 9.59 Å². The van der Waals surface area contributed by atoms with Crippen molar-refractivity contribution in [3.8, 4) is 0 Å². The summed E-state index contributed by atoms with van der Waals surface area (Å²) in [5, 5.41) is 2.82. The van der Waals surface area contributed by atoms with Gasteiger partial charge in [0.15, 0.2) is 5.17 Å². The Morgan fingerprint density at radius 1 is 1.03 bits per heavy atom. The fourth-order valence-electron chi connectivity index (χ4n) is 5.46. The Morgan fingerprint density at radius 3 is 2.35 bits per heavy atom. The van der Waals surface area contributed by atoms with Crippen LogP contribution in [0.15, 0.2) is 88.0 Å². The molecule has 3 aliphatic rings. The molecule has 1 fully saturated rings. The Labute approximate surface area is 223 Å². The maximum Gasteiger partial charge on any atom is 0.338 e. The molecule has 0 N–H and O–H groups in total. The number of ether oxygens (including phenoxy) is 1. The van der Waals surface area contributed by atoms with E-state index in [0.29, 0.717) is 17.9 Å². The molecule has 0 aliphatic carbocycles. The number of fused-ring (bicyclic) bond motifs is 1. The van der Waals surface area contributed by atoms with E-state index >= 15 is 0 Å². The lowest BCUT2D eigenvalue weighted by Crippen LogP contribution is -2.41. The lowest BCUT2D eigenvalue weighted by molar-refractivity contribution is -0.136. The molecule has 0 radical (unpaired) electrons. The molecule has 0 aromatic heterocycles. The minimum atomic E-state index is -0.378. The van der Waals surface area contributed by atoms with Gasteiger partial charge < -0.3 is 14.5 Å². The smallest absolute Gasteiger partial charge is 0.338 e. The van der Waals surface area contributed by atoms with Crippen molar-refractivity contribution in [1.82, 2.24) is 9.80 Å². The molecule has 3 aliphatic heterocycles. The van der Waals surface area contributed by atoms with Crippen molar-refractivity contribution in [2.45, 2.75) is 45.1 Å². The van der Waals surface area contributed by atoms with Crippen LogP contribution in [0.1, 0.15) is 49.8 Å². The molecule has 0 bridgehead atoms. The van der Waals surface area contributed by atoms with Gasteiger partial charge in [-0.3, -0.25) is 4.79 Å². The second-order valence-electron chi connectivity index (χ2n) is 9.70. The number of piperidine rings is 1. The van der Waals surface area contributed by atoms with Crippen molar-refractivity contribution >= 4 is 28.8 Å². The monoisotopic (exact) mass is 515 g/mol. The average Bonchev–Trinajstić information content (AvgIpc) is 3.35. The molecule has 5 rings (SSSR count). The molecule has 192 valence electrons. The predicted octanol–water partition coefficient (Wildman–Crippen LogP) is 5.70. The zero-order valence-electron chi connectivity index (χ0n) is 21.4. The van der Waals surface area contributed by atoms with Gasteiger partial charge in [0, 0.05) is 18.8 Å². The number of rotatable bonds is 7. The number of amides is 1. The Hall–Kier alpha value is -3.32. The van der Waals surface area contributed by atoms with Crippen LogP contribution in [0.25, 0.3) is 0 Å². The van der Waals surface area contributed by atoms with E-state index in [1.807, 2.05) is 47.6 Å². The summed E-state index contributed by atoms with van der Waals surface area (Å²) < 4.78 is 5.19. The van der Waals surface area contributed by atoms with Gasteiger partial charge in [-0.05, 0) is 48.1 Å². The lowest BCUT2D eigenvalue weighted by Gasteiger charge is -2.37. The van der Waals surface area contributed by atoms with Gasteiger partial charge in [-0.15, -0.1) is 0 Å². The van der Waals surface area contributed by atoms with Gasteiger partial charge in [0.1, 0.15) is 0 Å². The van der Waals surface area contributed by atoms with Crippen molar-refractivity contribution in [2.75, 3.05) is 20.2 Å². The van der Waals surface area contributed by atoms with E-state index in [1.54, 1.807) is 0 Å². The van der Waals surface area contributed by atoms with E-state index in [-0.39, 0.29) is 24.3 Å². The third-order valence-electron chi connectivity index (χ3n) is 7.41. The Bertz CT molecular complexity index is 1230. The van der Waals surface area contributed by atoms with Gasteiger partial charge >= 0.3 is 5.97 Å². The first-order valence-corrected chi connectivity index (χ1v) is 13.9. The third-order valence-corrected chi connectivity index (χ3v) is 8.30. The molecule has 1 amide bonds. The van der Waals surface area contributed by atoms with Gasteiger partial charge in [-0.2, -0.15) is 0 Å². The summed E-state index contributed by atoms with van der Waals surface area (Å²) in [6, 6.07) is 20.2. The van der Waals surface area contributed by atoms with Gasteiger partial charge in [0.25, 0.3) is 0 Å². The van der Waals surface area contributed by atoms with Crippen LogP contribution >= 0.6 is 11.8 Å². The van der Waals surface area contributed by atoms with E-state index in [1.165, 1.54) is 24.4 Å². The van der Waals surface area contributed by atoms with Crippen LogP contribution in [0.4, 0.5) is 0 Å². The first kappa shape index (κ1) is 25.3. The number of allylic oxidation sites excluding steroid dienone is 1. The SMILES string of the molecule is CCC1=C(C(=O)OC)C(c2ccccc2)N2C(CC(=O)N3CCC(Cc4ccccc4)CC3)=CSC2=N1. The van der Waals surface area contributed by atoms with Gasteiger partial charge in [0.05, 0.1) is 30.8 Å². The van der Waals surface area contributed by atoms with E-state index in [4.69, 9.17) is 9.73 Å². The summed E-state index contributed by atoms with van der Waals surface area (Å²) >= 11 is 1.52. The van der Waals surface area contributed by atoms with Crippen LogP contribution in [0.2, 0.25) is 0 Å². The summed E-state index contributed by atoms with van der Waals surface area (Å²) in [6.07, 6.45) is 4.02. The van der Waals surface area contributed by atoms with Crippen LogP contribution in [0.5, 0.6) is 0 Å². The molecule has 1 atom stereocenters. The fourth-order valence-corrected chi connectivity index (χ4v) is 6.40. The van der Waals surface area contributed by atoms with Gasteiger partial charge in [-0.25, -0.2) is 9.79 Å². The van der Waals surface area contributed by atoms with Crippen LogP contribution in [0, 0.1) is 5.92 Å². The normalized spacial score (nSPS) is 19.9. The lowest BCUT2D eigenvalue weighted by atomic mass is 9.90. The summed E-state index contributed by atoms with van der Waals surface area (Å²) in [5.74, 6) is 0.357. The Kier molecular flexibility index (Phi) is 7.79. The topological polar surface area (TPSA) is 62.2 Å². The second kappa shape index (κ2) is 11.4. The number of hydrogen-bond donors (Lipinski definition) is 0. The quantitative estimate of drug-likeness (QED) is 0.443. The van der Waals surface area contributed by atoms with Gasteiger partial charge in [-0.1, -0.05) is 79.3 Å². The van der Waals surface area contributed by atoms with E-state index in [0.717, 1.165) is 54.5 Å². The molecule has 1 unspecified atom stereocenters. The highest BCUT2D eigenvalue weighted by molar-refractivity contribution is 8.16. The van der Waals surface area contributed by atoms with Crippen molar-refractivity contribution in [2.24, 2.45) is 10.9 Å². The first-order valence-electron chi connectivity index (χ1n) is 13.0. The molecule has 6 nitrogen and oxygen atoms in total. The van der Waals surface area contributed by atoms with Crippen molar-refractivity contribution in [1.29, 1.82) is 0 Å². The number of amidine groups is 1. The highest BCUT2D eigenvalue weighted by Gasteiger charge is 2.41. The molecule has 3 heterocycles. The summed E-state index contributed by atoms with van der Waals surface area (Å²) in [6.45, 7) is 3.57. The summed E-state index contributed by atoms with van der Waals surface area (Å²) in [7, 11) is 1.41. The number of thioether (sulfide) groups is 1. The third kappa shape index (κ3) is 5.37. The molecule has 2 aromatic rings. The summed E-state index contributed by atoms with van der Waals surface area (Å²) in [4.78, 5) is 35.3. The zero-order chi connectivity index (χ0) is 25.8. The minimum Gasteiger partial charge on any atom is -0.466 e. The highest BCUT2D eigenvalue weighted by Crippen LogP contribution is 2.45. The van der Waals surface area contributed by atoms with E-state index in [2.05, 4.69) is 35.2 Å². The predicted molar refractivity (Wildman–Crippen MR) is 148 cm³/mol. The number of carbonyl (C=O) groups excluding carboxylic acids is 2. The average molecular weight is 516 g/mol. The summed E-state index contributed by atoms with van der Waals surface area (Å²) in [5.41, 5.74) is 4.50. The van der Waals surface area contributed by atoms with Crippen LogP contribution in [-0.4, -0.2) is 47.0 Å². The van der Waals surface area contributed by atoms with Gasteiger partial charge in [0.2, 0.25) is 5.91 Å². The standard InChI is InChI=1S/C30H33N3O3S/c1-3-25-27(29(35)36-2)28(23-12-8-5-9-13-23)33-24(20-37-30(33)31-25)19-26(34)32-16-14-22(15-17-32)18-21-10-6-4-7-11-21/h4-13,20,22,28H,3,14-19H2,1-2H3. The van der Waals surface area contributed by atoms with Crippen LogP contribution < -0.4 is 0 Å². The van der Waals surface area contributed by atoms with Crippen molar-refractivity contribution in [3.63, 3.8) is 0 Å². The van der Waals surface area contributed by atoms with Crippen molar-refractivity contribution < 1.29 is 14.3 Å². The number of aliphatic imine (C=N–C) groups is 1. The van der Waals surface area contributed by atoms with Crippen LogP contribution in [-0.2, 0) is 20.7 Å². The number of methoxy groups -OCH3 is 1. The number of likely N-dealkylation sites (tertiary alicyclic amines) is 1. The number of nitrogens with zero attached hydrogens (tertiary/aromatic N) is 3. The number of hydrogen-bond acceptors (Lipinski definition) is 6. The first-order chi connectivity index (χ1) is 18.1. The largest absolute Gasteiger partial charge is 0.466 e. The Morgan fingerprint density at radius 2 is 1.70 bits per heavy atom. The molecule has 37 heavy (non-hydrogen) atoms. The molecular weight excluding hydrogens is 482 g/mol. The molecular formula is C30H33N3O3S. The number of carbonyl (C=O) groups is 2. The second-order valence-corrected chi connectivity index (χ2v) is 10.5. The molecule has 2 aromatic carbocycles. The van der Waals surface area contributed by atoms with Crippen molar-refractivity contribution in [3.05, 3.63) is 94.2 Å². The molecule has 1 saturated heterocycles. The molecule has 0 saturated carbocycles. The highest BCUT2D eigenvalue weighted by atomic mass is 32.2. The maximum absolute atomic E-state index is 13.4. The maximum atomic E-state index is 13.4. The molecule has 7 heteroatoms. The number of esters is 1. The van der Waals surface area contributed by atoms with E-state index < -0.39 is 0 Å². The zero-order valence-corrected chi connectivity index (χ0v) is 22.2. The fraction of sp³-hybridized carbons (Fsp3) is 0.367. The molecule has 0 spiro atoms. The van der Waals surface area contributed by atoms with Crippen LogP contribution in [0.3, 0.4) is 0 Å². The minimum absolute atomic E-state index is 0.128.